The summed E-state index contributed by atoms with van der Waals surface area (Å²) in [5.41, 5.74) is 4.11. The Morgan fingerprint density at radius 1 is 1.12 bits per heavy atom. The molecule has 1 saturated heterocycles. The molecule has 5 heteroatoms. The minimum Gasteiger partial charge on any atom is -0.339 e. The smallest absolute Gasteiger partial charge is 0.253 e. The highest BCUT2D eigenvalue weighted by atomic mass is 16.5. The summed E-state index contributed by atoms with van der Waals surface area (Å²) in [5.74, 6) is 1.50. The summed E-state index contributed by atoms with van der Waals surface area (Å²) in [5, 5.41) is 4.08. The molecule has 3 aromatic rings. The molecule has 0 saturated carbocycles. The van der Waals surface area contributed by atoms with Crippen LogP contribution < -0.4 is 0 Å². The van der Waals surface area contributed by atoms with Gasteiger partial charge in [-0.2, -0.15) is 4.98 Å². The molecule has 1 aromatic heterocycles. The Morgan fingerprint density at radius 3 is 2.50 bits per heavy atom. The quantitative estimate of drug-likeness (QED) is 0.724. The lowest BCUT2D eigenvalue weighted by atomic mass is 9.97. The van der Waals surface area contributed by atoms with E-state index in [0.717, 1.165) is 22.3 Å². The molecule has 0 radical (unpaired) electrons. The maximum atomic E-state index is 12.6. The fourth-order valence-corrected chi connectivity index (χ4v) is 3.36. The highest BCUT2D eigenvalue weighted by Gasteiger charge is 2.36. The highest BCUT2D eigenvalue weighted by Crippen LogP contribution is 2.28. The topological polar surface area (TPSA) is 59.2 Å². The molecular weight excluding hydrogens is 326 g/mol. The van der Waals surface area contributed by atoms with E-state index in [2.05, 4.69) is 16.2 Å². The molecule has 132 valence electrons. The van der Waals surface area contributed by atoms with Crippen LogP contribution in [0.5, 0.6) is 0 Å². The Hall–Kier alpha value is -2.95. The lowest BCUT2D eigenvalue weighted by molar-refractivity contribution is 0.0569. The van der Waals surface area contributed by atoms with Crippen LogP contribution in [0.1, 0.15) is 44.7 Å². The van der Waals surface area contributed by atoms with E-state index in [1.807, 2.05) is 61.2 Å². The third kappa shape index (κ3) is 3.38. The number of benzene rings is 2. The molecule has 0 aliphatic carbocycles. The predicted octanol–water partition coefficient (Wildman–Crippen LogP) is 3.52. The molecule has 5 nitrogen and oxygen atoms in total. The Balaban J connectivity index is 1.38. The molecule has 0 unspecified atom stereocenters. The first-order chi connectivity index (χ1) is 12.6. The van der Waals surface area contributed by atoms with E-state index in [0.29, 0.717) is 31.2 Å². The van der Waals surface area contributed by atoms with Crippen LogP contribution in [0.3, 0.4) is 0 Å². The maximum Gasteiger partial charge on any atom is 0.253 e. The molecule has 0 atom stereocenters. The van der Waals surface area contributed by atoms with Crippen LogP contribution in [0.2, 0.25) is 0 Å². The maximum absolute atomic E-state index is 12.6. The van der Waals surface area contributed by atoms with Gasteiger partial charge in [0.2, 0.25) is 5.89 Å². The minimum atomic E-state index is 0.0667. The Bertz CT molecular complexity index is 907. The Kier molecular flexibility index (Phi) is 4.29. The first kappa shape index (κ1) is 16.5. The number of aromatic nitrogens is 2. The van der Waals surface area contributed by atoms with Gasteiger partial charge in [0.1, 0.15) is 0 Å². The van der Waals surface area contributed by atoms with Gasteiger partial charge in [0.05, 0.1) is 5.92 Å². The number of likely N-dealkylation sites (tertiary alicyclic amines) is 1. The van der Waals surface area contributed by atoms with Crippen LogP contribution in [-0.4, -0.2) is 34.0 Å². The first-order valence-electron chi connectivity index (χ1n) is 8.82. The van der Waals surface area contributed by atoms with E-state index in [-0.39, 0.29) is 11.8 Å². The largest absolute Gasteiger partial charge is 0.339 e. The van der Waals surface area contributed by atoms with E-state index < -0.39 is 0 Å². The van der Waals surface area contributed by atoms with Crippen molar-refractivity contribution in [3.05, 3.63) is 82.5 Å². The molecule has 26 heavy (non-hydrogen) atoms. The van der Waals surface area contributed by atoms with Crippen molar-refractivity contribution in [2.24, 2.45) is 0 Å². The zero-order valence-electron chi connectivity index (χ0n) is 15.0. The molecule has 1 aliphatic rings. The number of amides is 1. The number of hydrogen-bond acceptors (Lipinski definition) is 4. The summed E-state index contributed by atoms with van der Waals surface area (Å²) in [4.78, 5) is 19.0. The zero-order valence-corrected chi connectivity index (χ0v) is 15.0. The summed E-state index contributed by atoms with van der Waals surface area (Å²) in [6.45, 7) is 5.27. The van der Waals surface area contributed by atoms with Gasteiger partial charge in [-0.05, 0) is 31.5 Å². The van der Waals surface area contributed by atoms with Gasteiger partial charge in [0, 0.05) is 25.1 Å². The fourth-order valence-electron chi connectivity index (χ4n) is 3.36. The monoisotopic (exact) mass is 347 g/mol. The van der Waals surface area contributed by atoms with Crippen LogP contribution in [0.15, 0.2) is 53.1 Å². The average molecular weight is 347 g/mol. The van der Waals surface area contributed by atoms with E-state index in [1.165, 1.54) is 0 Å². The molecule has 1 fully saturated rings. The van der Waals surface area contributed by atoms with Gasteiger partial charge in [0.15, 0.2) is 5.82 Å². The van der Waals surface area contributed by atoms with Crippen molar-refractivity contribution in [2.45, 2.75) is 26.2 Å². The SMILES string of the molecule is Cc1cc(C)cc(C(=O)N2CC(c3nc(Cc4ccccc4)no3)C2)c1. The zero-order chi connectivity index (χ0) is 18.1. The van der Waals surface area contributed by atoms with Crippen molar-refractivity contribution in [2.75, 3.05) is 13.1 Å². The van der Waals surface area contributed by atoms with E-state index >= 15 is 0 Å². The van der Waals surface area contributed by atoms with Crippen molar-refractivity contribution >= 4 is 5.91 Å². The second kappa shape index (κ2) is 6.75. The number of carbonyl (C=O) groups is 1. The molecule has 2 aromatic carbocycles. The van der Waals surface area contributed by atoms with Gasteiger partial charge in [-0.15, -0.1) is 0 Å². The van der Waals surface area contributed by atoms with Crippen molar-refractivity contribution < 1.29 is 9.32 Å². The van der Waals surface area contributed by atoms with Crippen molar-refractivity contribution in [1.82, 2.24) is 15.0 Å². The predicted molar refractivity (Wildman–Crippen MR) is 98.1 cm³/mol. The van der Waals surface area contributed by atoms with Crippen LogP contribution in [-0.2, 0) is 6.42 Å². The lowest BCUT2D eigenvalue weighted by Gasteiger charge is -2.37. The van der Waals surface area contributed by atoms with Crippen LogP contribution >= 0.6 is 0 Å². The molecule has 0 spiro atoms. The molecule has 4 rings (SSSR count). The number of rotatable bonds is 4. The van der Waals surface area contributed by atoms with Crippen LogP contribution in [0.4, 0.5) is 0 Å². The summed E-state index contributed by atoms with van der Waals surface area (Å²) in [6.07, 6.45) is 0.655. The molecule has 1 amide bonds. The lowest BCUT2D eigenvalue weighted by Crippen LogP contribution is -2.48. The van der Waals surface area contributed by atoms with Gasteiger partial charge in [-0.3, -0.25) is 4.79 Å². The number of carbonyl (C=O) groups excluding carboxylic acids is 1. The van der Waals surface area contributed by atoms with Crippen molar-refractivity contribution in [3.63, 3.8) is 0 Å². The van der Waals surface area contributed by atoms with Gasteiger partial charge >= 0.3 is 0 Å². The van der Waals surface area contributed by atoms with Gasteiger partial charge in [0.25, 0.3) is 5.91 Å². The van der Waals surface area contributed by atoms with E-state index in [9.17, 15) is 4.79 Å². The highest BCUT2D eigenvalue weighted by molar-refractivity contribution is 5.95. The van der Waals surface area contributed by atoms with Crippen molar-refractivity contribution in [3.8, 4) is 0 Å². The molecule has 1 aliphatic heterocycles. The summed E-state index contributed by atoms with van der Waals surface area (Å²) in [7, 11) is 0. The normalized spacial score (nSPS) is 14.3. The average Bonchev–Trinajstić information content (AvgIpc) is 3.01. The molecule has 2 heterocycles. The fraction of sp³-hybridized carbons (Fsp3) is 0.286. The van der Waals surface area contributed by atoms with Gasteiger partial charge in [-0.25, -0.2) is 0 Å². The molecular formula is C21H21N3O2. The molecule has 0 bridgehead atoms. The number of nitrogens with zero attached hydrogens (tertiary/aromatic N) is 3. The van der Waals surface area contributed by atoms with Crippen LogP contribution in [0, 0.1) is 13.8 Å². The first-order valence-corrected chi connectivity index (χ1v) is 8.82. The third-order valence-corrected chi connectivity index (χ3v) is 4.68. The Morgan fingerprint density at radius 2 is 1.81 bits per heavy atom. The summed E-state index contributed by atoms with van der Waals surface area (Å²) in [6, 6.07) is 16.0. The minimum absolute atomic E-state index is 0.0667. The third-order valence-electron chi connectivity index (χ3n) is 4.68. The Labute approximate surface area is 152 Å². The van der Waals surface area contributed by atoms with Crippen molar-refractivity contribution in [1.29, 1.82) is 0 Å². The summed E-state index contributed by atoms with van der Waals surface area (Å²) >= 11 is 0. The van der Waals surface area contributed by atoms with E-state index in [4.69, 9.17) is 4.52 Å². The van der Waals surface area contributed by atoms with Gasteiger partial charge in [-0.1, -0.05) is 52.7 Å². The van der Waals surface area contributed by atoms with Gasteiger partial charge < -0.3 is 9.42 Å². The number of hydrogen-bond donors (Lipinski definition) is 0. The number of aryl methyl sites for hydroxylation is 2. The second-order valence-corrected chi connectivity index (χ2v) is 6.99. The van der Waals surface area contributed by atoms with E-state index in [1.54, 1.807) is 0 Å². The molecule has 0 N–H and O–H groups in total. The van der Waals surface area contributed by atoms with Crippen LogP contribution in [0.25, 0.3) is 0 Å². The second-order valence-electron chi connectivity index (χ2n) is 6.99. The standard InChI is InChI=1S/C21H21N3O2/c1-14-8-15(2)10-17(9-14)21(25)24-12-18(13-24)20-22-19(23-26-20)11-16-6-4-3-5-7-16/h3-10,18H,11-13H2,1-2H3. The summed E-state index contributed by atoms with van der Waals surface area (Å²) < 4.78 is 5.41.